The highest BCUT2D eigenvalue weighted by Gasteiger charge is 2.26. The van der Waals surface area contributed by atoms with Crippen molar-refractivity contribution in [2.45, 2.75) is 38.9 Å². The van der Waals surface area contributed by atoms with Gasteiger partial charge in [0.05, 0.1) is 9.83 Å². The lowest BCUT2D eigenvalue weighted by atomic mass is 10.0. The molecule has 0 fully saturated rings. The molecule has 0 amide bonds. The van der Waals surface area contributed by atoms with Crippen molar-refractivity contribution >= 4 is 27.3 Å². The maximum absolute atomic E-state index is 6.31. The quantitative estimate of drug-likeness (QED) is 0.837. The Labute approximate surface area is 132 Å². The number of aryl methyl sites for hydroxylation is 1. The molecule has 2 aromatic rings. The first-order valence-corrected chi connectivity index (χ1v) is 8.43. The number of rotatable bonds is 6. The van der Waals surface area contributed by atoms with Crippen molar-refractivity contribution in [3.8, 4) is 0 Å². The van der Waals surface area contributed by atoms with Crippen molar-refractivity contribution in [2.24, 2.45) is 5.73 Å². The Morgan fingerprint density at radius 3 is 2.70 bits per heavy atom. The Balaban J connectivity index is 2.17. The van der Waals surface area contributed by atoms with Crippen LogP contribution in [-0.4, -0.2) is 18.0 Å². The molecule has 2 heterocycles. The van der Waals surface area contributed by atoms with Crippen LogP contribution >= 0.6 is 27.3 Å². The van der Waals surface area contributed by atoms with E-state index in [9.17, 15) is 0 Å². The molecule has 0 saturated heterocycles. The second kappa shape index (κ2) is 6.89. The SMILES string of the molecule is CCC(N)C(c1ccc(C)o1)N(C)Cc1csc(Br)c1. The van der Waals surface area contributed by atoms with Gasteiger partial charge < -0.3 is 10.2 Å². The van der Waals surface area contributed by atoms with E-state index in [1.54, 1.807) is 11.3 Å². The fourth-order valence-corrected chi connectivity index (χ4v) is 3.61. The van der Waals surface area contributed by atoms with Crippen LogP contribution in [-0.2, 0) is 6.54 Å². The summed E-state index contributed by atoms with van der Waals surface area (Å²) in [6, 6.07) is 6.36. The van der Waals surface area contributed by atoms with E-state index in [2.05, 4.69) is 46.2 Å². The van der Waals surface area contributed by atoms with Gasteiger partial charge in [0.15, 0.2) is 0 Å². The number of halogens is 1. The zero-order valence-electron chi connectivity index (χ0n) is 12.1. The van der Waals surface area contributed by atoms with Crippen LogP contribution in [0.15, 0.2) is 31.8 Å². The van der Waals surface area contributed by atoms with Crippen LogP contribution in [0.5, 0.6) is 0 Å². The average Bonchev–Trinajstić information content (AvgIpc) is 2.99. The maximum atomic E-state index is 6.31. The molecule has 0 radical (unpaired) electrons. The normalized spacial score (nSPS) is 14.7. The molecule has 0 aliphatic rings. The minimum Gasteiger partial charge on any atom is -0.465 e. The van der Waals surface area contributed by atoms with E-state index < -0.39 is 0 Å². The molecular weight excluding hydrogens is 336 g/mol. The Morgan fingerprint density at radius 1 is 1.45 bits per heavy atom. The highest BCUT2D eigenvalue weighted by atomic mass is 79.9. The van der Waals surface area contributed by atoms with Crippen LogP contribution in [0.25, 0.3) is 0 Å². The summed E-state index contributed by atoms with van der Waals surface area (Å²) < 4.78 is 6.96. The van der Waals surface area contributed by atoms with Crippen LogP contribution in [0, 0.1) is 6.92 Å². The molecular formula is C15H21BrN2OS. The van der Waals surface area contributed by atoms with Crippen molar-refractivity contribution in [1.29, 1.82) is 0 Å². The van der Waals surface area contributed by atoms with Crippen molar-refractivity contribution in [1.82, 2.24) is 4.90 Å². The summed E-state index contributed by atoms with van der Waals surface area (Å²) in [7, 11) is 2.10. The van der Waals surface area contributed by atoms with Crippen LogP contribution < -0.4 is 5.73 Å². The number of nitrogens with two attached hydrogens (primary N) is 1. The number of furan rings is 1. The van der Waals surface area contributed by atoms with E-state index in [1.165, 1.54) is 5.56 Å². The lowest BCUT2D eigenvalue weighted by Gasteiger charge is -2.30. The fraction of sp³-hybridized carbons (Fsp3) is 0.467. The summed E-state index contributed by atoms with van der Waals surface area (Å²) >= 11 is 5.21. The molecule has 0 aliphatic carbocycles. The van der Waals surface area contributed by atoms with Gasteiger partial charge in [-0.25, -0.2) is 0 Å². The number of hydrogen-bond donors (Lipinski definition) is 1. The molecule has 2 atom stereocenters. The van der Waals surface area contributed by atoms with E-state index in [0.29, 0.717) is 0 Å². The third kappa shape index (κ3) is 3.73. The van der Waals surface area contributed by atoms with Crippen LogP contribution in [0.1, 0.15) is 36.5 Å². The summed E-state index contributed by atoms with van der Waals surface area (Å²) in [5, 5.41) is 2.17. The topological polar surface area (TPSA) is 42.4 Å². The second-order valence-corrected chi connectivity index (χ2v) is 7.43. The van der Waals surface area contributed by atoms with Gasteiger partial charge in [-0.15, -0.1) is 11.3 Å². The van der Waals surface area contributed by atoms with Gasteiger partial charge in [0.1, 0.15) is 11.5 Å². The third-order valence-electron chi connectivity index (χ3n) is 3.46. The Morgan fingerprint density at radius 2 is 2.20 bits per heavy atom. The molecule has 20 heavy (non-hydrogen) atoms. The summed E-state index contributed by atoms with van der Waals surface area (Å²) in [4.78, 5) is 2.26. The zero-order valence-corrected chi connectivity index (χ0v) is 14.5. The smallest absolute Gasteiger partial charge is 0.122 e. The molecule has 2 N–H and O–H groups in total. The highest BCUT2D eigenvalue weighted by molar-refractivity contribution is 9.11. The first-order valence-electron chi connectivity index (χ1n) is 6.76. The van der Waals surface area contributed by atoms with Crippen molar-refractivity contribution in [3.63, 3.8) is 0 Å². The summed E-state index contributed by atoms with van der Waals surface area (Å²) in [5.74, 6) is 1.88. The van der Waals surface area contributed by atoms with Gasteiger partial charge in [-0.05, 0) is 65.5 Å². The molecule has 2 unspecified atom stereocenters. The van der Waals surface area contributed by atoms with Gasteiger partial charge in [-0.1, -0.05) is 6.92 Å². The van der Waals surface area contributed by atoms with Crippen molar-refractivity contribution < 1.29 is 4.42 Å². The lowest BCUT2D eigenvalue weighted by Crippen LogP contribution is -2.38. The maximum Gasteiger partial charge on any atom is 0.122 e. The molecule has 2 aromatic heterocycles. The number of thiophene rings is 1. The second-order valence-electron chi connectivity index (χ2n) is 5.14. The number of nitrogens with zero attached hydrogens (tertiary/aromatic N) is 1. The van der Waals surface area contributed by atoms with Crippen molar-refractivity contribution in [2.75, 3.05) is 7.05 Å². The molecule has 2 rings (SSSR count). The van der Waals surface area contributed by atoms with Gasteiger partial charge in [0, 0.05) is 12.6 Å². The predicted molar refractivity (Wildman–Crippen MR) is 87.9 cm³/mol. The lowest BCUT2D eigenvalue weighted by molar-refractivity contribution is 0.174. The van der Waals surface area contributed by atoms with Gasteiger partial charge in [-0.2, -0.15) is 0 Å². The monoisotopic (exact) mass is 356 g/mol. The zero-order chi connectivity index (χ0) is 14.7. The molecule has 0 aliphatic heterocycles. The molecule has 5 heteroatoms. The first kappa shape index (κ1) is 15.8. The molecule has 0 spiro atoms. The van der Waals surface area contributed by atoms with E-state index in [1.807, 2.05) is 19.1 Å². The molecule has 110 valence electrons. The Kier molecular flexibility index (Phi) is 5.43. The summed E-state index contributed by atoms with van der Waals surface area (Å²) in [6.07, 6.45) is 0.919. The molecule has 0 aromatic carbocycles. The van der Waals surface area contributed by atoms with Gasteiger partial charge in [0.25, 0.3) is 0 Å². The summed E-state index contributed by atoms with van der Waals surface area (Å²) in [6.45, 7) is 4.94. The molecule has 0 bridgehead atoms. The minimum absolute atomic E-state index is 0.0626. The molecule has 3 nitrogen and oxygen atoms in total. The van der Waals surface area contributed by atoms with Gasteiger partial charge in [0.2, 0.25) is 0 Å². The Bertz CT molecular complexity index is 552. The third-order valence-corrected chi connectivity index (χ3v) is 5.01. The minimum atomic E-state index is 0.0626. The standard InChI is InChI=1S/C15H21BrN2OS/c1-4-12(17)15(13-6-5-10(2)19-13)18(3)8-11-7-14(16)20-9-11/h5-7,9,12,15H,4,8,17H2,1-3H3. The Hall–Kier alpha value is -0.620. The molecule has 0 saturated carbocycles. The van der Waals surface area contributed by atoms with Gasteiger partial charge in [-0.3, -0.25) is 4.90 Å². The predicted octanol–water partition coefficient (Wildman–Crippen LogP) is 4.32. The van der Waals surface area contributed by atoms with Crippen LogP contribution in [0.2, 0.25) is 0 Å². The highest BCUT2D eigenvalue weighted by Crippen LogP contribution is 2.29. The van der Waals surface area contributed by atoms with Gasteiger partial charge >= 0.3 is 0 Å². The largest absolute Gasteiger partial charge is 0.465 e. The number of likely N-dealkylation sites (N-methyl/N-ethyl adjacent to an activating group) is 1. The van der Waals surface area contributed by atoms with Crippen LogP contribution in [0.3, 0.4) is 0 Å². The van der Waals surface area contributed by atoms with E-state index in [-0.39, 0.29) is 12.1 Å². The van der Waals surface area contributed by atoms with E-state index in [0.717, 1.165) is 28.3 Å². The van der Waals surface area contributed by atoms with Crippen LogP contribution in [0.4, 0.5) is 0 Å². The number of hydrogen-bond acceptors (Lipinski definition) is 4. The van der Waals surface area contributed by atoms with E-state index in [4.69, 9.17) is 10.2 Å². The first-order chi connectivity index (χ1) is 9.51. The van der Waals surface area contributed by atoms with E-state index >= 15 is 0 Å². The average molecular weight is 357 g/mol. The summed E-state index contributed by atoms with van der Waals surface area (Å²) in [5.41, 5.74) is 7.60. The van der Waals surface area contributed by atoms with Crippen molar-refractivity contribution in [3.05, 3.63) is 44.4 Å². The fourth-order valence-electron chi connectivity index (χ4n) is 2.41.